The summed E-state index contributed by atoms with van der Waals surface area (Å²) in [5.74, 6) is -0.0185. The number of nitrogens with two attached hydrogens (primary N) is 1. The first-order valence-electron chi connectivity index (χ1n) is 7.75. The maximum absolute atomic E-state index is 13.6. The van der Waals surface area contributed by atoms with Gasteiger partial charge in [0, 0.05) is 6.04 Å². The van der Waals surface area contributed by atoms with Crippen molar-refractivity contribution in [3.63, 3.8) is 0 Å². The summed E-state index contributed by atoms with van der Waals surface area (Å²) in [6.07, 6.45) is 9.41. The third-order valence-corrected chi connectivity index (χ3v) is 3.64. The van der Waals surface area contributed by atoms with Gasteiger partial charge in [0.25, 0.3) is 0 Å². The number of hydrogen-bond acceptors (Lipinski definition) is 2. The number of benzene rings is 1. The fourth-order valence-corrected chi connectivity index (χ4v) is 2.43. The van der Waals surface area contributed by atoms with E-state index in [-0.39, 0.29) is 11.9 Å². The highest BCUT2D eigenvalue weighted by Gasteiger charge is 2.07. The Labute approximate surface area is 122 Å². The van der Waals surface area contributed by atoms with Gasteiger partial charge in [0.15, 0.2) is 11.6 Å². The topological polar surface area (TPSA) is 35.2 Å². The summed E-state index contributed by atoms with van der Waals surface area (Å²) < 4.78 is 18.5. The molecule has 0 bridgehead atoms. The normalized spacial score (nSPS) is 12.4. The molecule has 0 aliphatic heterocycles. The highest BCUT2D eigenvalue weighted by atomic mass is 19.1. The van der Waals surface area contributed by atoms with Gasteiger partial charge in [-0.2, -0.15) is 0 Å². The molecule has 0 saturated heterocycles. The standard InChI is InChI=1S/C17H28FNO/c1-3-4-5-6-7-8-9-15(19)12-14-10-11-17(20-2)16(18)13-14/h10-11,13,15H,3-9,12,19H2,1-2H3. The smallest absolute Gasteiger partial charge is 0.165 e. The SMILES string of the molecule is CCCCCCCCC(N)Cc1ccc(OC)c(F)c1. The molecule has 0 spiro atoms. The number of rotatable bonds is 10. The lowest BCUT2D eigenvalue weighted by molar-refractivity contribution is 0.386. The largest absolute Gasteiger partial charge is 0.494 e. The zero-order chi connectivity index (χ0) is 14.8. The minimum absolute atomic E-state index is 0.119. The molecule has 0 fully saturated rings. The second kappa shape index (κ2) is 9.76. The molecule has 0 aliphatic carbocycles. The Bertz CT molecular complexity index is 381. The van der Waals surface area contributed by atoms with Gasteiger partial charge in [-0.15, -0.1) is 0 Å². The van der Waals surface area contributed by atoms with E-state index >= 15 is 0 Å². The number of unbranched alkanes of at least 4 members (excludes halogenated alkanes) is 5. The predicted molar refractivity (Wildman–Crippen MR) is 82.6 cm³/mol. The highest BCUT2D eigenvalue weighted by Crippen LogP contribution is 2.19. The third kappa shape index (κ3) is 6.38. The number of methoxy groups -OCH3 is 1. The molecule has 0 aliphatic rings. The molecular formula is C17H28FNO. The van der Waals surface area contributed by atoms with Gasteiger partial charge in [-0.05, 0) is 30.5 Å². The van der Waals surface area contributed by atoms with Gasteiger partial charge in [-0.1, -0.05) is 51.5 Å². The number of halogens is 1. The molecule has 1 aromatic carbocycles. The van der Waals surface area contributed by atoms with E-state index in [2.05, 4.69) is 6.92 Å². The molecular weight excluding hydrogens is 253 g/mol. The van der Waals surface area contributed by atoms with Crippen molar-refractivity contribution in [1.82, 2.24) is 0 Å². The van der Waals surface area contributed by atoms with Crippen molar-refractivity contribution < 1.29 is 9.13 Å². The van der Waals surface area contributed by atoms with Crippen LogP contribution in [-0.4, -0.2) is 13.2 Å². The lowest BCUT2D eigenvalue weighted by atomic mass is 10.00. The van der Waals surface area contributed by atoms with E-state index < -0.39 is 0 Å². The van der Waals surface area contributed by atoms with Crippen LogP contribution in [0.5, 0.6) is 5.75 Å². The van der Waals surface area contributed by atoms with Gasteiger partial charge in [-0.25, -0.2) is 4.39 Å². The van der Waals surface area contributed by atoms with Crippen LogP contribution < -0.4 is 10.5 Å². The minimum atomic E-state index is -0.309. The first-order valence-corrected chi connectivity index (χ1v) is 7.75. The molecule has 0 amide bonds. The first kappa shape index (κ1) is 17.0. The van der Waals surface area contributed by atoms with E-state index in [0.717, 1.165) is 18.4 Å². The fraction of sp³-hybridized carbons (Fsp3) is 0.647. The summed E-state index contributed by atoms with van der Waals surface area (Å²) in [6, 6.07) is 5.21. The Morgan fingerprint density at radius 3 is 2.50 bits per heavy atom. The van der Waals surface area contributed by atoms with Gasteiger partial charge in [0.2, 0.25) is 0 Å². The van der Waals surface area contributed by atoms with Crippen LogP contribution >= 0.6 is 0 Å². The molecule has 0 radical (unpaired) electrons. The first-order chi connectivity index (χ1) is 9.67. The van der Waals surface area contributed by atoms with E-state index in [1.165, 1.54) is 51.7 Å². The molecule has 0 aromatic heterocycles. The van der Waals surface area contributed by atoms with Crippen molar-refractivity contribution in [2.24, 2.45) is 5.73 Å². The summed E-state index contributed by atoms with van der Waals surface area (Å²) in [7, 11) is 1.47. The van der Waals surface area contributed by atoms with Crippen LogP contribution in [0.3, 0.4) is 0 Å². The van der Waals surface area contributed by atoms with Gasteiger partial charge in [-0.3, -0.25) is 0 Å². The fourth-order valence-electron chi connectivity index (χ4n) is 2.43. The van der Waals surface area contributed by atoms with Crippen LogP contribution in [0.1, 0.15) is 57.4 Å². The Kier molecular flexibility index (Phi) is 8.28. The molecule has 1 rings (SSSR count). The van der Waals surface area contributed by atoms with E-state index in [1.807, 2.05) is 6.07 Å². The minimum Gasteiger partial charge on any atom is -0.494 e. The van der Waals surface area contributed by atoms with Gasteiger partial charge < -0.3 is 10.5 Å². The molecule has 0 saturated carbocycles. The Hall–Kier alpha value is -1.09. The van der Waals surface area contributed by atoms with E-state index in [4.69, 9.17) is 10.5 Å². The van der Waals surface area contributed by atoms with E-state index in [9.17, 15) is 4.39 Å². The van der Waals surface area contributed by atoms with E-state index in [1.54, 1.807) is 6.07 Å². The molecule has 2 nitrogen and oxygen atoms in total. The third-order valence-electron chi connectivity index (χ3n) is 3.64. The second-order valence-electron chi connectivity index (χ2n) is 5.49. The van der Waals surface area contributed by atoms with Crippen LogP contribution in [-0.2, 0) is 6.42 Å². The molecule has 0 heterocycles. The van der Waals surface area contributed by atoms with Gasteiger partial charge >= 0.3 is 0 Å². The Morgan fingerprint density at radius 2 is 1.85 bits per heavy atom. The molecule has 1 aromatic rings. The van der Waals surface area contributed by atoms with Crippen LogP contribution in [0.2, 0.25) is 0 Å². The summed E-state index contributed by atoms with van der Waals surface area (Å²) in [5.41, 5.74) is 7.06. The number of hydrogen-bond donors (Lipinski definition) is 1. The average molecular weight is 281 g/mol. The maximum Gasteiger partial charge on any atom is 0.165 e. The number of ether oxygens (including phenoxy) is 1. The summed E-state index contributed by atoms with van der Waals surface area (Å²) in [6.45, 7) is 2.23. The predicted octanol–water partition coefficient (Wildman–Crippen LogP) is 4.45. The molecule has 1 unspecified atom stereocenters. The monoisotopic (exact) mass is 281 g/mol. The van der Waals surface area contributed by atoms with Crippen LogP contribution in [0.15, 0.2) is 18.2 Å². The lowest BCUT2D eigenvalue weighted by Crippen LogP contribution is -2.22. The van der Waals surface area contributed by atoms with Crippen LogP contribution in [0, 0.1) is 5.82 Å². The highest BCUT2D eigenvalue weighted by molar-refractivity contribution is 5.29. The van der Waals surface area contributed by atoms with Crippen molar-refractivity contribution in [3.05, 3.63) is 29.6 Å². The maximum atomic E-state index is 13.6. The molecule has 1 atom stereocenters. The molecule has 20 heavy (non-hydrogen) atoms. The van der Waals surface area contributed by atoms with Crippen molar-refractivity contribution in [1.29, 1.82) is 0 Å². The lowest BCUT2D eigenvalue weighted by Gasteiger charge is -2.12. The van der Waals surface area contributed by atoms with Crippen molar-refractivity contribution in [2.75, 3.05) is 7.11 Å². The average Bonchev–Trinajstić information content (AvgIpc) is 2.43. The molecule has 114 valence electrons. The zero-order valence-electron chi connectivity index (χ0n) is 12.8. The van der Waals surface area contributed by atoms with Gasteiger partial charge in [0.1, 0.15) is 0 Å². The second-order valence-corrected chi connectivity index (χ2v) is 5.49. The summed E-state index contributed by atoms with van der Waals surface area (Å²) in [4.78, 5) is 0. The summed E-state index contributed by atoms with van der Waals surface area (Å²) >= 11 is 0. The van der Waals surface area contributed by atoms with Crippen LogP contribution in [0.25, 0.3) is 0 Å². The van der Waals surface area contributed by atoms with Crippen molar-refractivity contribution in [3.8, 4) is 5.75 Å². The molecule has 2 N–H and O–H groups in total. The Morgan fingerprint density at radius 1 is 1.15 bits per heavy atom. The summed E-state index contributed by atoms with van der Waals surface area (Å²) in [5, 5.41) is 0. The quantitative estimate of drug-likeness (QED) is 0.643. The van der Waals surface area contributed by atoms with Crippen molar-refractivity contribution in [2.45, 2.75) is 64.3 Å². The van der Waals surface area contributed by atoms with Crippen LogP contribution in [0.4, 0.5) is 4.39 Å². The van der Waals surface area contributed by atoms with E-state index in [0.29, 0.717) is 5.75 Å². The van der Waals surface area contributed by atoms with Crippen molar-refractivity contribution >= 4 is 0 Å². The Balaban J connectivity index is 2.24. The van der Waals surface area contributed by atoms with Gasteiger partial charge in [0.05, 0.1) is 7.11 Å². The molecule has 3 heteroatoms. The zero-order valence-corrected chi connectivity index (χ0v) is 12.8.